The molecule has 0 saturated heterocycles. The Morgan fingerprint density at radius 2 is 2.00 bits per heavy atom. The van der Waals surface area contributed by atoms with Crippen molar-refractivity contribution in [3.63, 3.8) is 0 Å². The van der Waals surface area contributed by atoms with Gasteiger partial charge in [-0.25, -0.2) is 15.8 Å². The van der Waals surface area contributed by atoms with E-state index in [-0.39, 0.29) is 18.5 Å². The Labute approximate surface area is 113 Å². The fourth-order valence-corrected chi connectivity index (χ4v) is 1.93. The van der Waals surface area contributed by atoms with E-state index >= 15 is 0 Å². The van der Waals surface area contributed by atoms with Crippen LogP contribution in [0.25, 0.3) is 0 Å². The Morgan fingerprint density at radius 1 is 1.37 bits per heavy atom. The van der Waals surface area contributed by atoms with Gasteiger partial charge in [0.25, 0.3) is 0 Å². The molecule has 1 rings (SSSR count). The molecule has 1 amide bonds. The Balaban J connectivity index is 3.33. The summed E-state index contributed by atoms with van der Waals surface area (Å²) < 4.78 is 0. The molecule has 106 valence electrons. The largest absolute Gasteiger partial charge is 0.368 e. The minimum Gasteiger partial charge on any atom is -0.368 e. The number of nitrogen functional groups attached to an aromatic ring is 1. The maximum absolute atomic E-state index is 11.2. The first-order valence-corrected chi connectivity index (χ1v) is 6.24. The summed E-state index contributed by atoms with van der Waals surface area (Å²) >= 11 is 0. The van der Waals surface area contributed by atoms with E-state index in [0.717, 1.165) is 5.56 Å². The molecular formula is C12H22N6O. The van der Waals surface area contributed by atoms with Crippen LogP contribution in [0.4, 0.5) is 11.6 Å². The van der Waals surface area contributed by atoms with Gasteiger partial charge in [-0.05, 0) is 19.8 Å². The van der Waals surface area contributed by atoms with Crippen molar-refractivity contribution in [1.29, 1.82) is 0 Å². The van der Waals surface area contributed by atoms with Crippen LogP contribution < -0.4 is 21.9 Å². The highest BCUT2D eigenvalue weighted by Gasteiger charge is 2.22. The van der Waals surface area contributed by atoms with Crippen LogP contribution in [0, 0.1) is 0 Å². The zero-order valence-corrected chi connectivity index (χ0v) is 11.8. The van der Waals surface area contributed by atoms with E-state index in [1.807, 2.05) is 32.6 Å². The SMILES string of the molecule is CC(C)c1c(NN)ncnc1N(CC(N)=O)C(C)C. The number of hydrazine groups is 1. The molecule has 5 N–H and O–H groups in total. The van der Waals surface area contributed by atoms with E-state index in [1.54, 1.807) is 0 Å². The Bertz CT molecular complexity index is 446. The molecule has 0 aliphatic carbocycles. The molecule has 0 aliphatic rings. The van der Waals surface area contributed by atoms with Crippen molar-refractivity contribution in [2.45, 2.75) is 39.7 Å². The average molecular weight is 266 g/mol. The molecule has 0 fully saturated rings. The highest BCUT2D eigenvalue weighted by Crippen LogP contribution is 2.31. The molecule has 0 bridgehead atoms. The number of nitrogens with one attached hydrogen (secondary N) is 1. The van der Waals surface area contributed by atoms with Gasteiger partial charge in [-0.3, -0.25) is 4.79 Å². The van der Waals surface area contributed by atoms with E-state index in [2.05, 4.69) is 15.4 Å². The third-order valence-electron chi connectivity index (χ3n) is 2.80. The van der Waals surface area contributed by atoms with E-state index in [1.165, 1.54) is 6.33 Å². The van der Waals surface area contributed by atoms with E-state index in [9.17, 15) is 4.79 Å². The highest BCUT2D eigenvalue weighted by atomic mass is 16.1. The number of carbonyl (C=O) groups is 1. The van der Waals surface area contributed by atoms with Crippen LogP contribution in [0.5, 0.6) is 0 Å². The summed E-state index contributed by atoms with van der Waals surface area (Å²) in [6, 6.07) is 0.0884. The summed E-state index contributed by atoms with van der Waals surface area (Å²) in [5.74, 6) is 6.50. The van der Waals surface area contributed by atoms with Crippen molar-refractivity contribution in [1.82, 2.24) is 9.97 Å². The lowest BCUT2D eigenvalue weighted by molar-refractivity contribution is -0.116. The number of carbonyl (C=O) groups excluding carboxylic acids is 1. The van der Waals surface area contributed by atoms with Crippen molar-refractivity contribution in [3.05, 3.63) is 11.9 Å². The van der Waals surface area contributed by atoms with Gasteiger partial charge in [0.1, 0.15) is 18.0 Å². The Kier molecular flexibility index (Phi) is 5.05. The fraction of sp³-hybridized carbons (Fsp3) is 0.583. The lowest BCUT2D eigenvalue weighted by Crippen LogP contribution is -2.40. The first-order valence-electron chi connectivity index (χ1n) is 6.24. The minimum atomic E-state index is -0.399. The third kappa shape index (κ3) is 3.54. The van der Waals surface area contributed by atoms with Gasteiger partial charge < -0.3 is 16.1 Å². The molecule has 0 spiro atoms. The standard InChI is InChI=1S/C12H22N6O/c1-7(2)10-11(17-14)15-6-16-12(10)18(8(3)4)5-9(13)19/h6-8H,5,14H2,1-4H3,(H2,13,19)(H,15,16,17). The van der Waals surface area contributed by atoms with E-state index in [4.69, 9.17) is 11.6 Å². The molecule has 0 aromatic carbocycles. The second-order valence-electron chi connectivity index (χ2n) is 4.95. The summed E-state index contributed by atoms with van der Waals surface area (Å²) in [6.45, 7) is 8.10. The van der Waals surface area contributed by atoms with Crippen LogP contribution in [0.15, 0.2) is 6.33 Å². The van der Waals surface area contributed by atoms with Crippen molar-refractivity contribution >= 4 is 17.5 Å². The van der Waals surface area contributed by atoms with Gasteiger partial charge in [0, 0.05) is 11.6 Å². The number of primary amides is 1. The van der Waals surface area contributed by atoms with E-state index < -0.39 is 5.91 Å². The maximum Gasteiger partial charge on any atom is 0.237 e. The summed E-state index contributed by atoms with van der Waals surface area (Å²) in [5, 5.41) is 0. The first kappa shape index (κ1) is 15.2. The Morgan fingerprint density at radius 3 is 2.42 bits per heavy atom. The fourth-order valence-electron chi connectivity index (χ4n) is 1.93. The molecule has 0 atom stereocenters. The summed E-state index contributed by atoms with van der Waals surface area (Å²) in [7, 11) is 0. The number of nitrogens with two attached hydrogens (primary N) is 2. The van der Waals surface area contributed by atoms with Crippen molar-refractivity contribution in [2.24, 2.45) is 11.6 Å². The molecule has 0 radical (unpaired) electrons. The minimum absolute atomic E-state index is 0.0884. The van der Waals surface area contributed by atoms with Crippen LogP contribution in [0.3, 0.4) is 0 Å². The molecular weight excluding hydrogens is 244 g/mol. The predicted octanol–water partition coefficient (Wildman–Crippen LogP) is 0.586. The quantitative estimate of drug-likeness (QED) is 0.513. The molecule has 0 unspecified atom stereocenters. The molecule has 0 saturated carbocycles. The second-order valence-corrected chi connectivity index (χ2v) is 4.95. The van der Waals surface area contributed by atoms with Gasteiger partial charge in [-0.2, -0.15) is 0 Å². The molecule has 7 nitrogen and oxygen atoms in total. The lowest BCUT2D eigenvalue weighted by atomic mass is 10.0. The highest BCUT2D eigenvalue weighted by molar-refractivity contribution is 5.80. The summed E-state index contributed by atoms with van der Waals surface area (Å²) in [5.41, 5.74) is 8.75. The monoisotopic (exact) mass is 266 g/mol. The van der Waals surface area contributed by atoms with Crippen molar-refractivity contribution in [3.8, 4) is 0 Å². The number of amides is 1. The van der Waals surface area contributed by atoms with Gasteiger partial charge in [-0.15, -0.1) is 0 Å². The van der Waals surface area contributed by atoms with Crippen molar-refractivity contribution < 1.29 is 4.79 Å². The number of hydrogen-bond acceptors (Lipinski definition) is 6. The smallest absolute Gasteiger partial charge is 0.237 e. The van der Waals surface area contributed by atoms with Crippen LogP contribution >= 0.6 is 0 Å². The van der Waals surface area contributed by atoms with Gasteiger partial charge in [0.15, 0.2) is 0 Å². The molecule has 1 heterocycles. The van der Waals surface area contributed by atoms with Gasteiger partial charge >= 0.3 is 0 Å². The van der Waals surface area contributed by atoms with Gasteiger partial charge in [0.05, 0.1) is 6.54 Å². The topological polar surface area (TPSA) is 110 Å². The van der Waals surface area contributed by atoms with Crippen LogP contribution in [-0.4, -0.2) is 28.5 Å². The zero-order chi connectivity index (χ0) is 14.6. The number of aromatic nitrogens is 2. The van der Waals surface area contributed by atoms with Gasteiger partial charge in [-0.1, -0.05) is 13.8 Å². The number of anilines is 2. The summed E-state index contributed by atoms with van der Waals surface area (Å²) in [4.78, 5) is 21.5. The molecule has 19 heavy (non-hydrogen) atoms. The molecule has 1 aromatic heterocycles. The normalized spacial score (nSPS) is 10.9. The average Bonchev–Trinajstić information content (AvgIpc) is 2.34. The zero-order valence-electron chi connectivity index (χ0n) is 11.8. The van der Waals surface area contributed by atoms with Crippen LogP contribution in [0.2, 0.25) is 0 Å². The molecule has 0 aliphatic heterocycles. The van der Waals surface area contributed by atoms with Crippen LogP contribution in [-0.2, 0) is 4.79 Å². The number of rotatable bonds is 6. The number of hydrogen-bond donors (Lipinski definition) is 3. The number of nitrogens with zero attached hydrogens (tertiary/aromatic N) is 3. The Hall–Kier alpha value is -1.89. The third-order valence-corrected chi connectivity index (χ3v) is 2.80. The lowest BCUT2D eigenvalue weighted by Gasteiger charge is -2.29. The molecule has 7 heteroatoms. The van der Waals surface area contributed by atoms with Gasteiger partial charge in [0.2, 0.25) is 5.91 Å². The maximum atomic E-state index is 11.2. The van der Waals surface area contributed by atoms with Crippen molar-refractivity contribution in [2.75, 3.05) is 16.9 Å². The first-order chi connectivity index (χ1) is 8.88. The van der Waals surface area contributed by atoms with E-state index in [0.29, 0.717) is 11.6 Å². The summed E-state index contributed by atoms with van der Waals surface area (Å²) in [6.07, 6.45) is 1.42. The van der Waals surface area contributed by atoms with Crippen LogP contribution in [0.1, 0.15) is 39.2 Å². The second kappa shape index (κ2) is 6.33. The predicted molar refractivity (Wildman–Crippen MR) is 75.6 cm³/mol. The molecule has 1 aromatic rings.